The van der Waals surface area contributed by atoms with E-state index in [1.807, 2.05) is 13.1 Å². The number of hydrogen-bond donors (Lipinski definition) is 2. The molecule has 0 spiro atoms. The molecule has 1 aromatic carbocycles. The van der Waals surface area contributed by atoms with Crippen molar-refractivity contribution in [2.24, 2.45) is 0 Å². The molecule has 1 aromatic heterocycles. The van der Waals surface area contributed by atoms with Crippen LogP contribution in [0.2, 0.25) is 0 Å². The standard InChI is InChI=1S/C15H18N4/c1-11-7-19-14(10-18-11)9-16-8-13-4-2-3-12-5-6-17-15(12)13/h2-4,7,10,16-17H,5-6,8-9H2,1H3. The molecule has 4 nitrogen and oxygen atoms in total. The van der Waals surface area contributed by atoms with Gasteiger partial charge in [0.2, 0.25) is 0 Å². The second kappa shape index (κ2) is 5.36. The highest BCUT2D eigenvalue weighted by atomic mass is 14.9. The van der Waals surface area contributed by atoms with Crippen LogP contribution in [0.25, 0.3) is 0 Å². The molecule has 1 aliphatic heterocycles. The Kier molecular flexibility index (Phi) is 3.42. The average Bonchev–Trinajstić information content (AvgIpc) is 2.90. The minimum absolute atomic E-state index is 0.747. The van der Waals surface area contributed by atoms with E-state index < -0.39 is 0 Å². The summed E-state index contributed by atoms with van der Waals surface area (Å²) in [6.07, 6.45) is 4.77. The minimum atomic E-state index is 0.747. The normalized spacial score (nSPS) is 13.1. The van der Waals surface area contributed by atoms with Crippen molar-refractivity contribution in [3.05, 3.63) is 53.1 Å². The summed E-state index contributed by atoms with van der Waals surface area (Å²) < 4.78 is 0. The fourth-order valence-electron chi connectivity index (χ4n) is 2.39. The number of hydrogen-bond acceptors (Lipinski definition) is 4. The number of rotatable bonds is 4. The SMILES string of the molecule is Cc1cnc(CNCc2cccc3c2NCC3)cn1. The van der Waals surface area contributed by atoms with Gasteiger partial charge in [0.1, 0.15) is 0 Å². The lowest BCUT2D eigenvalue weighted by molar-refractivity contribution is 0.677. The molecule has 2 heterocycles. The van der Waals surface area contributed by atoms with Crippen molar-refractivity contribution >= 4 is 5.69 Å². The van der Waals surface area contributed by atoms with E-state index in [0.29, 0.717) is 0 Å². The monoisotopic (exact) mass is 254 g/mol. The molecule has 0 bridgehead atoms. The molecule has 0 amide bonds. The molecule has 2 N–H and O–H groups in total. The molecule has 0 aliphatic carbocycles. The number of fused-ring (bicyclic) bond motifs is 1. The van der Waals surface area contributed by atoms with Crippen LogP contribution in [0.1, 0.15) is 22.5 Å². The third kappa shape index (κ3) is 2.74. The Morgan fingerprint density at radius 1 is 1.21 bits per heavy atom. The van der Waals surface area contributed by atoms with E-state index in [-0.39, 0.29) is 0 Å². The topological polar surface area (TPSA) is 49.8 Å². The van der Waals surface area contributed by atoms with Gasteiger partial charge in [-0.3, -0.25) is 9.97 Å². The fraction of sp³-hybridized carbons (Fsp3) is 0.333. The number of para-hydroxylation sites is 1. The van der Waals surface area contributed by atoms with Gasteiger partial charge in [-0.15, -0.1) is 0 Å². The zero-order valence-electron chi connectivity index (χ0n) is 11.1. The molecule has 98 valence electrons. The molecule has 0 unspecified atom stereocenters. The molecular weight excluding hydrogens is 236 g/mol. The van der Waals surface area contributed by atoms with E-state index in [1.54, 1.807) is 6.20 Å². The maximum atomic E-state index is 4.34. The van der Waals surface area contributed by atoms with E-state index >= 15 is 0 Å². The summed E-state index contributed by atoms with van der Waals surface area (Å²) in [7, 11) is 0. The van der Waals surface area contributed by atoms with Gasteiger partial charge in [-0.1, -0.05) is 18.2 Å². The van der Waals surface area contributed by atoms with Gasteiger partial charge in [0.15, 0.2) is 0 Å². The summed E-state index contributed by atoms with van der Waals surface area (Å²) in [5.41, 5.74) is 5.99. The lowest BCUT2D eigenvalue weighted by Crippen LogP contribution is -2.15. The Bertz CT molecular complexity index is 563. The van der Waals surface area contributed by atoms with Crippen molar-refractivity contribution in [1.29, 1.82) is 0 Å². The first-order valence-electron chi connectivity index (χ1n) is 6.66. The molecule has 0 saturated heterocycles. The largest absolute Gasteiger partial charge is 0.384 e. The zero-order chi connectivity index (χ0) is 13.1. The van der Waals surface area contributed by atoms with Crippen LogP contribution in [0.15, 0.2) is 30.6 Å². The maximum absolute atomic E-state index is 4.34. The Labute approximate surface area is 113 Å². The number of aromatic nitrogens is 2. The van der Waals surface area contributed by atoms with Gasteiger partial charge in [-0.2, -0.15) is 0 Å². The predicted octanol–water partition coefficient (Wildman–Crippen LogP) is 2.04. The molecule has 4 heteroatoms. The van der Waals surface area contributed by atoms with Crippen LogP contribution in [-0.4, -0.2) is 16.5 Å². The van der Waals surface area contributed by atoms with Crippen LogP contribution >= 0.6 is 0 Å². The molecule has 0 atom stereocenters. The van der Waals surface area contributed by atoms with Crippen molar-refractivity contribution < 1.29 is 0 Å². The zero-order valence-corrected chi connectivity index (χ0v) is 11.1. The molecule has 0 radical (unpaired) electrons. The molecule has 3 rings (SSSR count). The molecule has 2 aromatic rings. The van der Waals surface area contributed by atoms with Crippen LogP contribution in [0.4, 0.5) is 5.69 Å². The van der Waals surface area contributed by atoms with E-state index in [2.05, 4.69) is 38.8 Å². The lowest BCUT2D eigenvalue weighted by Gasteiger charge is -2.09. The number of nitrogens with one attached hydrogen (secondary N) is 2. The summed E-state index contributed by atoms with van der Waals surface area (Å²) in [6.45, 7) is 4.60. The smallest absolute Gasteiger partial charge is 0.0724 e. The van der Waals surface area contributed by atoms with Gasteiger partial charge in [-0.25, -0.2) is 0 Å². The van der Waals surface area contributed by atoms with Gasteiger partial charge in [0.25, 0.3) is 0 Å². The summed E-state index contributed by atoms with van der Waals surface area (Å²) in [4.78, 5) is 8.59. The van der Waals surface area contributed by atoms with E-state index in [4.69, 9.17) is 0 Å². The van der Waals surface area contributed by atoms with Crippen molar-refractivity contribution in [1.82, 2.24) is 15.3 Å². The van der Waals surface area contributed by atoms with Gasteiger partial charge in [-0.05, 0) is 24.5 Å². The third-order valence-electron chi connectivity index (χ3n) is 3.39. The van der Waals surface area contributed by atoms with Crippen molar-refractivity contribution in [3.63, 3.8) is 0 Å². The van der Waals surface area contributed by atoms with Gasteiger partial charge >= 0.3 is 0 Å². The van der Waals surface area contributed by atoms with Crippen LogP contribution in [0, 0.1) is 6.92 Å². The average molecular weight is 254 g/mol. The number of anilines is 1. The van der Waals surface area contributed by atoms with Gasteiger partial charge in [0, 0.05) is 37.7 Å². The highest BCUT2D eigenvalue weighted by Gasteiger charge is 2.12. The molecular formula is C15H18N4. The molecule has 0 fully saturated rings. The van der Waals surface area contributed by atoms with Crippen LogP contribution < -0.4 is 10.6 Å². The van der Waals surface area contributed by atoms with Crippen molar-refractivity contribution in [3.8, 4) is 0 Å². The number of aryl methyl sites for hydroxylation is 1. The maximum Gasteiger partial charge on any atom is 0.0724 e. The van der Waals surface area contributed by atoms with Crippen LogP contribution in [0.5, 0.6) is 0 Å². The Morgan fingerprint density at radius 3 is 3.00 bits per heavy atom. The Morgan fingerprint density at radius 2 is 2.16 bits per heavy atom. The van der Waals surface area contributed by atoms with Crippen LogP contribution in [-0.2, 0) is 19.5 Å². The number of nitrogens with zero attached hydrogens (tertiary/aromatic N) is 2. The van der Waals surface area contributed by atoms with Crippen molar-refractivity contribution in [2.45, 2.75) is 26.4 Å². The first kappa shape index (κ1) is 12.1. The predicted molar refractivity (Wildman–Crippen MR) is 75.9 cm³/mol. The quantitative estimate of drug-likeness (QED) is 0.876. The highest BCUT2D eigenvalue weighted by Crippen LogP contribution is 2.26. The lowest BCUT2D eigenvalue weighted by atomic mass is 10.1. The molecule has 0 saturated carbocycles. The van der Waals surface area contributed by atoms with Gasteiger partial charge in [0.05, 0.1) is 11.4 Å². The highest BCUT2D eigenvalue weighted by molar-refractivity contribution is 5.61. The Balaban J connectivity index is 1.61. The molecule has 19 heavy (non-hydrogen) atoms. The summed E-state index contributed by atoms with van der Waals surface area (Å²) >= 11 is 0. The second-order valence-electron chi connectivity index (χ2n) is 4.88. The van der Waals surface area contributed by atoms with Crippen molar-refractivity contribution in [2.75, 3.05) is 11.9 Å². The van der Waals surface area contributed by atoms with E-state index in [0.717, 1.165) is 37.4 Å². The Hall–Kier alpha value is -1.94. The molecule has 1 aliphatic rings. The van der Waals surface area contributed by atoms with Crippen LogP contribution in [0.3, 0.4) is 0 Å². The first-order chi connectivity index (χ1) is 9.33. The summed E-state index contributed by atoms with van der Waals surface area (Å²) in [6, 6.07) is 6.50. The summed E-state index contributed by atoms with van der Waals surface area (Å²) in [5, 5.41) is 6.88. The second-order valence-corrected chi connectivity index (χ2v) is 4.88. The van der Waals surface area contributed by atoms with E-state index in [9.17, 15) is 0 Å². The number of benzene rings is 1. The third-order valence-corrected chi connectivity index (χ3v) is 3.39. The summed E-state index contributed by atoms with van der Waals surface area (Å²) in [5.74, 6) is 0. The minimum Gasteiger partial charge on any atom is -0.384 e. The fourth-order valence-corrected chi connectivity index (χ4v) is 2.39. The van der Waals surface area contributed by atoms with E-state index in [1.165, 1.54) is 16.8 Å². The first-order valence-corrected chi connectivity index (χ1v) is 6.66. The van der Waals surface area contributed by atoms with Gasteiger partial charge < -0.3 is 10.6 Å².